The third-order valence-electron chi connectivity index (χ3n) is 2.52. The molecule has 1 N–H and O–H groups in total. The molecule has 0 aromatic heterocycles. The van der Waals surface area contributed by atoms with Crippen LogP contribution in [0.3, 0.4) is 0 Å². The van der Waals surface area contributed by atoms with Crippen molar-refractivity contribution in [3.05, 3.63) is 41.4 Å². The van der Waals surface area contributed by atoms with Gasteiger partial charge in [0.15, 0.2) is 0 Å². The van der Waals surface area contributed by atoms with E-state index in [-0.39, 0.29) is 18.2 Å². The van der Waals surface area contributed by atoms with E-state index in [0.717, 1.165) is 10.2 Å². The second-order valence-electron chi connectivity index (χ2n) is 3.99. The van der Waals surface area contributed by atoms with Gasteiger partial charge >= 0.3 is 0 Å². The molecule has 0 saturated carbocycles. The first-order chi connectivity index (χ1) is 9.04. The summed E-state index contributed by atoms with van der Waals surface area (Å²) in [5, 5.41) is 2.68. The summed E-state index contributed by atoms with van der Waals surface area (Å²) in [6.45, 7) is 5.82. The third-order valence-corrected chi connectivity index (χ3v) is 3.05. The van der Waals surface area contributed by atoms with E-state index in [2.05, 4.69) is 27.8 Å². The minimum absolute atomic E-state index is 0.0844. The number of hydrogen-bond donors (Lipinski definition) is 1. The minimum atomic E-state index is -0.0942. The van der Waals surface area contributed by atoms with Crippen LogP contribution in [0.2, 0.25) is 0 Å². The van der Waals surface area contributed by atoms with Gasteiger partial charge in [-0.3, -0.25) is 9.59 Å². The topological polar surface area (TPSA) is 49.4 Å². The van der Waals surface area contributed by atoms with Crippen molar-refractivity contribution in [3.8, 4) is 0 Å². The summed E-state index contributed by atoms with van der Waals surface area (Å²) in [5.74, 6) is -0.179. The predicted octanol–water partition coefficient (Wildman–Crippen LogP) is 2.49. The summed E-state index contributed by atoms with van der Waals surface area (Å²) in [7, 11) is 0. The molecule has 4 nitrogen and oxygen atoms in total. The molecule has 1 aromatic carbocycles. The Morgan fingerprint density at radius 3 is 2.53 bits per heavy atom. The van der Waals surface area contributed by atoms with Gasteiger partial charge in [-0.1, -0.05) is 22.0 Å². The van der Waals surface area contributed by atoms with Crippen LogP contribution in [0.1, 0.15) is 13.3 Å². The number of anilines is 1. The number of carbonyl (C=O) groups is 2. The first kappa shape index (κ1) is 15.4. The summed E-state index contributed by atoms with van der Waals surface area (Å²) in [4.78, 5) is 24.7. The van der Waals surface area contributed by atoms with Crippen LogP contribution in [-0.2, 0) is 9.59 Å². The normalized spacial score (nSPS) is 9.79. The number of carbonyl (C=O) groups excluding carboxylic acids is 2. The van der Waals surface area contributed by atoms with Crippen LogP contribution < -0.4 is 10.2 Å². The van der Waals surface area contributed by atoms with Crippen molar-refractivity contribution in [2.45, 2.75) is 13.3 Å². The lowest BCUT2D eigenvalue weighted by molar-refractivity contribution is -0.120. The molecule has 5 heteroatoms. The molecular formula is C14H17BrN2O2. The van der Waals surface area contributed by atoms with Crippen LogP contribution in [0, 0.1) is 0 Å². The summed E-state index contributed by atoms with van der Waals surface area (Å²) in [6, 6.07) is 7.41. The van der Waals surface area contributed by atoms with Gasteiger partial charge in [-0.05, 0) is 24.3 Å². The number of nitrogens with one attached hydrogen (secondary N) is 1. The molecule has 1 rings (SSSR count). The van der Waals surface area contributed by atoms with E-state index in [4.69, 9.17) is 0 Å². The zero-order valence-corrected chi connectivity index (χ0v) is 12.4. The Balaban J connectivity index is 2.63. The highest BCUT2D eigenvalue weighted by atomic mass is 79.9. The van der Waals surface area contributed by atoms with E-state index >= 15 is 0 Å². The first-order valence-corrected chi connectivity index (χ1v) is 6.75. The van der Waals surface area contributed by atoms with E-state index in [0.29, 0.717) is 13.1 Å². The van der Waals surface area contributed by atoms with Gasteiger partial charge in [-0.25, -0.2) is 0 Å². The average Bonchev–Trinajstić information content (AvgIpc) is 2.38. The molecular weight excluding hydrogens is 308 g/mol. The zero-order chi connectivity index (χ0) is 14.3. The van der Waals surface area contributed by atoms with Crippen LogP contribution in [-0.4, -0.2) is 24.9 Å². The Hall–Kier alpha value is -1.62. The quantitative estimate of drug-likeness (QED) is 0.817. The molecule has 0 aliphatic rings. The zero-order valence-electron chi connectivity index (χ0n) is 10.9. The SMILES string of the molecule is C=CCNC(=O)CCN(C(C)=O)c1ccc(Br)cc1. The van der Waals surface area contributed by atoms with Crippen molar-refractivity contribution in [1.82, 2.24) is 5.32 Å². The van der Waals surface area contributed by atoms with Crippen LogP contribution in [0.25, 0.3) is 0 Å². The lowest BCUT2D eigenvalue weighted by Crippen LogP contribution is -2.33. The Morgan fingerprint density at radius 1 is 1.37 bits per heavy atom. The lowest BCUT2D eigenvalue weighted by Gasteiger charge is -2.21. The molecule has 0 saturated heterocycles. The largest absolute Gasteiger partial charge is 0.353 e. The smallest absolute Gasteiger partial charge is 0.223 e. The van der Waals surface area contributed by atoms with E-state index < -0.39 is 0 Å². The van der Waals surface area contributed by atoms with Crippen molar-refractivity contribution < 1.29 is 9.59 Å². The van der Waals surface area contributed by atoms with Gasteiger partial charge in [0.2, 0.25) is 11.8 Å². The maximum atomic E-state index is 11.6. The van der Waals surface area contributed by atoms with E-state index in [1.807, 2.05) is 24.3 Å². The van der Waals surface area contributed by atoms with Gasteiger partial charge in [0.05, 0.1) is 0 Å². The maximum Gasteiger partial charge on any atom is 0.223 e. The maximum absolute atomic E-state index is 11.6. The van der Waals surface area contributed by atoms with Crippen LogP contribution in [0.5, 0.6) is 0 Å². The van der Waals surface area contributed by atoms with Gasteiger partial charge < -0.3 is 10.2 Å². The molecule has 0 atom stereocenters. The van der Waals surface area contributed by atoms with Crippen LogP contribution in [0.4, 0.5) is 5.69 Å². The molecule has 0 spiro atoms. The monoisotopic (exact) mass is 324 g/mol. The summed E-state index contributed by atoms with van der Waals surface area (Å²) < 4.78 is 0.948. The van der Waals surface area contributed by atoms with Crippen molar-refractivity contribution >= 4 is 33.4 Å². The lowest BCUT2D eigenvalue weighted by atomic mass is 10.2. The molecule has 0 bridgehead atoms. The second-order valence-corrected chi connectivity index (χ2v) is 4.91. The van der Waals surface area contributed by atoms with Crippen LogP contribution in [0.15, 0.2) is 41.4 Å². The van der Waals surface area contributed by atoms with Crippen molar-refractivity contribution in [2.75, 3.05) is 18.0 Å². The molecule has 2 amide bonds. The molecule has 0 aliphatic heterocycles. The highest BCUT2D eigenvalue weighted by Gasteiger charge is 2.12. The van der Waals surface area contributed by atoms with Crippen LogP contribution >= 0.6 is 15.9 Å². The molecule has 0 unspecified atom stereocenters. The molecule has 1 aromatic rings. The number of rotatable bonds is 6. The Bertz CT molecular complexity index is 457. The van der Waals surface area contributed by atoms with Crippen molar-refractivity contribution in [1.29, 1.82) is 0 Å². The van der Waals surface area contributed by atoms with Gasteiger partial charge in [-0.2, -0.15) is 0 Å². The number of nitrogens with zero attached hydrogens (tertiary/aromatic N) is 1. The summed E-state index contributed by atoms with van der Waals surface area (Å²) in [5.41, 5.74) is 0.784. The van der Waals surface area contributed by atoms with Crippen molar-refractivity contribution in [3.63, 3.8) is 0 Å². The number of hydrogen-bond acceptors (Lipinski definition) is 2. The summed E-state index contributed by atoms with van der Waals surface area (Å²) >= 11 is 3.35. The predicted molar refractivity (Wildman–Crippen MR) is 80.0 cm³/mol. The van der Waals surface area contributed by atoms with Gasteiger partial charge in [0, 0.05) is 36.6 Å². The first-order valence-electron chi connectivity index (χ1n) is 5.96. The van der Waals surface area contributed by atoms with Crippen molar-refractivity contribution in [2.24, 2.45) is 0 Å². The molecule has 0 fully saturated rings. The van der Waals surface area contributed by atoms with E-state index in [1.165, 1.54) is 6.92 Å². The van der Waals surface area contributed by atoms with Gasteiger partial charge in [-0.15, -0.1) is 6.58 Å². The van der Waals surface area contributed by atoms with Gasteiger partial charge in [0.25, 0.3) is 0 Å². The fourth-order valence-corrected chi connectivity index (χ4v) is 1.84. The third kappa shape index (κ3) is 5.26. The Labute approximate surface area is 121 Å². The average molecular weight is 325 g/mol. The molecule has 0 radical (unpaired) electrons. The number of benzene rings is 1. The molecule has 19 heavy (non-hydrogen) atoms. The summed E-state index contributed by atoms with van der Waals surface area (Å²) in [6.07, 6.45) is 1.89. The highest BCUT2D eigenvalue weighted by Crippen LogP contribution is 2.18. The minimum Gasteiger partial charge on any atom is -0.353 e. The van der Waals surface area contributed by atoms with E-state index in [1.54, 1.807) is 11.0 Å². The Kier molecular flexibility index (Phi) is 6.29. The second kappa shape index (κ2) is 7.74. The molecule has 0 heterocycles. The molecule has 102 valence electrons. The van der Waals surface area contributed by atoms with Gasteiger partial charge in [0.1, 0.15) is 0 Å². The highest BCUT2D eigenvalue weighted by molar-refractivity contribution is 9.10. The molecule has 0 aliphatic carbocycles. The standard InChI is InChI=1S/C14H17BrN2O2/c1-3-9-16-14(19)8-10-17(11(2)18)13-6-4-12(15)5-7-13/h3-7H,1,8-10H2,2H3,(H,16,19). The van der Waals surface area contributed by atoms with E-state index in [9.17, 15) is 9.59 Å². The number of amides is 2. The number of halogens is 1. The fourth-order valence-electron chi connectivity index (χ4n) is 1.58. The Morgan fingerprint density at radius 2 is 2.00 bits per heavy atom. The fraction of sp³-hybridized carbons (Fsp3) is 0.286.